The van der Waals surface area contributed by atoms with E-state index in [1.165, 1.54) is 0 Å². The number of nitrogens with two attached hydrogens (primary N) is 1. The number of amides is 1. The zero-order valence-corrected chi connectivity index (χ0v) is 12.0. The Balaban J connectivity index is 2.08. The maximum Gasteiger partial charge on any atom is 0.259 e. The van der Waals surface area contributed by atoms with E-state index in [1.54, 1.807) is 12.1 Å². The fraction of sp³-hybridized carbons (Fsp3) is 0.125. The number of nitrogens with one attached hydrogen (secondary N) is 1. The minimum Gasteiger partial charge on any atom is -0.370 e. The summed E-state index contributed by atoms with van der Waals surface area (Å²) in [5.41, 5.74) is 6.47. The molecule has 0 aromatic heterocycles. The minimum absolute atomic E-state index is 0.144. The molecule has 106 valence electrons. The van der Waals surface area contributed by atoms with Gasteiger partial charge >= 0.3 is 0 Å². The Morgan fingerprint density at radius 2 is 1.76 bits per heavy atom. The van der Waals surface area contributed by atoms with Gasteiger partial charge in [0.1, 0.15) is 0 Å². The standard InChI is InChI=1S/C16H14ClN3O/c17-13-8-6-12(7-9-13)16(14(21)19-15(18)20-16)10-11-4-2-1-3-5-11/h1-9H,10H2,(H3,18,19,20,21)/t16-/m0/s1. The molecule has 2 aromatic rings. The fourth-order valence-corrected chi connectivity index (χ4v) is 2.66. The molecule has 0 radical (unpaired) electrons. The Morgan fingerprint density at radius 1 is 1.10 bits per heavy atom. The molecule has 1 heterocycles. The summed E-state index contributed by atoms with van der Waals surface area (Å²) >= 11 is 5.93. The summed E-state index contributed by atoms with van der Waals surface area (Å²) in [5.74, 6) is -0.0722. The van der Waals surface area contributed by atoms with Crippen molar-refractivity contribution in [1.29, 1.82) is 0 Å². The topological polar surface area (TPSA) is 67.5 Å². The SMILES string of the molecule is NC1=N[C@@](Cc2ccccc2)(c2ccc(Cl)cc2)C(=O)N1. The van der Waals surface area contributed by atoms with Crippen molar-refractivity contribution in [2.45, 2.75) is 12.0 Å². The van der Waals surface area contributed by atoms with Gasteiger partial charge in [-0.1, -0.05) is 54.1 Å². The van der Waals surface area contributed by atoms with Crippen LogP contribution < -0.4 is 11.1 Å². The predicted octanol–water partition coefficient (Wildman–Crippen LogP) is 2.22. The number of hydrogen-bond acceptors (Lipinski definition) is 3. The van der Waals surface area contributed by atoms with Crippen LogP contribution in [0.4, 0.5) is 0 Å². The molecule has 1 aliphatic heterocycles. The van der Waals surface area contributed by atoms with E-state index in [9.17, 15) is 4.79 Å². The molecule has 0 bridgehead atoms. The summed E-state index contributed by atoms with van der Waals surface area (Å²) in [6.45, 7) is 0. The predicted molar refractivity (Wildman–Crippen MR) is 83.0 cm³/mol. The van der Waals surface area contributed by atoms with E-state index >= 15 is 0 Å². The lowest BCUT2D eigenvalue weighted by Gasteiger charge is -2.24. The quantitative estimate of drug-likeness (QED) is 0.912. The number of carbonyl (C=O) groups excluding carboxylic acids is 1. The minimum atomic E-state index is -1.03. The highest BCUT2D eigenvalue weighted by Crippen LogP contribution is 2.33. The zero-order chi connectivity index (χ0) is 14.9. The molecule has 0 spiro atoms. The van der Waals surface area contributed by atoms with E-state index in [2.05, 4.69) is 10.3 Å². The van der Waals surface area contributed by atoms with Crippen LogP contribution in [0.2, 0.25) is 5.02 Å². The average molecular weight is 300 g/mol. The Kier molecular flexibility index (Phi) is 3.39. The van der Waals surface area contributed by atoms with Gasteiger partial charge in [-0.3, -0.25) is 10.1 Å². The van der Waals surface area contributed by atoms with Crippen molar-refractivity contribution >= 4 is 23.5 Å². The van der Waals surface area contributed by atoms with Crippen LogP contribution in [0.5, 0.6) is 0 Å². The van der Waals surface area contributed by atoms with E-state index in [1.807, 2.05) is 42.5 Å². The number of guanidine groups is 1. The monoisotopic (exact) mass is 299 g/mol. The number of nitrogens with zero attached hydrogens (tertiary/aromatic N) is 1. The van der Waals surface area contributed by atoms with Gasteiger partial charge in [-0.15, -0.1) is 0 Å². The zero-order valence-electron chi connectivity index (χ0n) is 11.2. The van der Waals surface area contributed by atoms with Crippen molar-refractivity contribution in [3.05, 3.63) is 70.7 Å². The van der Waals surface area contributed by atoms with Crippen LogP contribution in [0, 0.1) is 0 Å². The first-order valence-corrected chi connectivity index (χ1v) is 6.95. The summed E-state index contributed by atoms with van der Waals surface area (Å²) in [6.07, 6.45) is 0.446. The van der Waals surface area contributed by atoms with Gasteiger partial charge in [-0.05, 0) is 23.3 Å². The van der Waals surface area contributed by atoms with Gasteiger partial charge in [0.05, 0.1) is 0 Å². The third kappa shape index (κ3) is 2.50. The lowest BCUT2D eigenvalue weighted by atomic mass is 9.84. The first kappa shape index (κ1) is 13.6. The summed E-state index contributed by atoms with van der Waals surface area (Å²) in [7, 11) is 0. The van der Waals surface area contributed by atoms with Crippen LogP contribution in [0.1, 0.15) is 11.1 Å². The number of benzene rings is 2. The summed E-state index contributed by atoms with van der Waals surface area (Å²) in [6, 6.07) is 16.9. The van der Waals surface area contributed by atoms with Gasteiger partial charge in [0.2, 0.25) is 0 Å². The molecular formula is C16H14ClN3O. The molecule has 1 aliphatic rings. The van der Waals surface area contributed by atoms with E-state index in [4.69, 9.17) is 17.3 Å². The Labute approximate surface area is 127 Å². The first-order valence-electron chi connectivity index (χ1n) is 6.57. The molecule has 5 heteroatoms. The number of hydrogen-bond donors (Lipinski definition) is 2. The first-order chi connectivity index (χ1) is 10.1. The Bertz CT molecular complexity index is 697. The normalized spacial score (nSPS) is 21.0. The summed E-state index contributed by atoms with van der Waals surface area (Å²) in [5, 5.41) is 3.21. The molecule has 21 heavy (non-hydrogen) atoms. The molecule has 3 rings (SSSR count). The largest absolute Gasteiger partial charge is 0.370 e. The van der Waals surface area contributed by atoms with Crippen molar-refractivity contribution < 1.29 is 4.79 Å². The summed E-state index contributed by atoms with van der Waals surface area (Å²) in [4.78, 5) is 16.8. The second kappa shape index (κ2) is 5.22. The Morgan fingerprint density at radius 3 is 2.33 bits per heavy atom. The van der Waals surface area contributed by atoms with Crippen LogP contribution in [0.15, 0.2) is 59.6 Å². The number of aliphatic imine (C=N–C) groups is 1. The number of carbonyl (C=O) groups is 1. The molecule has 0 fully saturated rings. The van der Waals surface area contributed by atoms with Crippen LogP contribution >= 0.6 is 11.6 Å². The van der Waals surface area contributed by atoms with Crippen molar-refractivity contribution in [3.63, 3.8) is 0 Å². The van der Waals surface area contributed by atoms with Gasteiger partial charge in [-0.2, -0.15) is 0 Å². The second-order valence-electron chi connectivity index (χ2n) is 4.98. The van der Waals surface area contributed by atoms with Crippen LogP contribution in [0.25, 0.3) is 0 Å². The molecule has 4 nitrogen and oxygen atoms in total. The fourth-order valence-electron chi connectivity index (χ4n) is 2.54. The van der Waals surface area contributed by atoms with Crippen molar-refractivity contribution in [3.8, 4) is 0 Å². The van der Waals surface area contributed by atoms with Gasteiger partial charge < -0.3 is 5.73 Å². The van der Waals surface area contributed by atoms with Crippen LogP contribution in [0.3, 0.4) is 0 Å². The van der Waals surface area contributed by atoms with Gasteiger partial charge in [0, 0.05) is 11.4 Å². The molecule has 0 unspecified atom stereocenters. The highest BCUT2D eigenvalue weighted by atomic mass is 35.5. The van der Waals surface area contributed by atoms with Gasteiger partial charge in [-0.25, -0.2) is 4.99 Å². The lowest BCUT2D eigenvalue weighted by Crippen LogP contribution is -2.40. The molecule has 0 saturated heterocycles. The van der Waals surface area contributed by atoms with E-state index in [-0.39, 0.29) is 11.9 Å². The highest BCUT2D eigenvalue weighted by molar-refractivity contribution is 6.30. The maximum absolute atomic E-state index is 12.5. The smallest absolute Gasteiger partial charge is 0.259 e. The molecular weight excluding hydrogens is 286 g/mol. The van der Waals surface area contributed by atoms with Crippen molar-refractivity contribution in [1.82, 2.24) is 5.32 Å². The third-order valence-corrected chi connectivity index (χ3v) is 3.81. The molecule has 0 saturated carbocycles. The molecule has 0 aliphatic carbocycles. The van der Waals surface area contributed by atoms with Gasteiger partial charge in [0.15, 0.2) is 11.5 Å². The van der Waals surface area contributed by atoms with Crippen LogP contribution in [-0.2, 0) is 16.8 Å². The average Bonchev–Trinajstić information content (AvgIpc) is 2.76. The van der Waals surface area contributed by atoms with Crippen LogP contribution in [-0.4, -0.2) is 11.9 Å². The lowest BCUT2D eigenvalue weighted by molar-refractivity contribution is -0.124. The molecule has 1 atom stereocenters. The summed E-state index contributed by atoms with van der Waals surface area (Å²) < 4.78 is 0. The number of halogens is 1. The number of rotatable bonds is 3. The molecule has 3 N–H and O–H groups in total. The highest BCUT2D eigenvalue weighted by Gasteiger charge is 2.44. The Hall–Kier alpha value is -2.33. The maximum atomic E-state index is 12.5. The van der Waals surface area contributed by atoms with Gasteiger partial charge in [0.25, 0.3) is 5.91 Å². The molecule has 2 aromatic carbocycles. The second-order valence-corrected chi connectivity index (χ2v) is 5.42. The van der Waals surface area contributed by atoms with Crippen molar-refractivity contribution in [2.75, 3.05) is 0 Å². The third-order valence-electron chi connectivity index (χ3n) is 3.55. The van der Waals surface area contributed by atoms with E-state index < -0.39 is 5.54 Å². The molecule has 1 amide bonds. The van der Waals surface area contributed by atoms with Crippen molar-refractivity contribution in [2.24, 2.45) is 10.7 Å². The van der Waals surface area contributed by atoms with E-state index in [0.29, 0.717) is 11.4 Å². The van der Waals surface area contributed by atoms with E-state index in [0.717, 1.165) is 11.1 Å².